The Kier molecular flexibility index (Phi) is 2.82. The summed E-state index contributed by atoms with van der Waals surface area (Å²) in [6.45, 7) is 7.13. The van der Waals surface area contributed by atoms with Gasteiger partial charge in [-0.3, -0.25) is 4.90 Å². The van der Waals surface area contributed by atoms with Gasteiger partial charge in [0.15, 0.2) is 0 Å². The third kappa shape index (κ3) is 1.58. The van der Waals surface area contributed by atoms with Gasteiger partial charge >= 0.3 is 0 Å². The van der Waals surface area contributed by atoms with Crippen LogP contribution in [0.1, 0.15) is 33.1 Å². The van der Waals surface area contributed by atoms with Gasteiger partial charge in [0.2, 0.25) is 0 Å². The highest BCUT2D eigenvalue weighted by molar-refractivity contribution is 5.01. The molecule has 0 aromatic rings. The van der Waals surface area contributed by atoms with E-state index < -0.39 is 0 Å². The largest absolute Gasteiger partial charge is 0.376 e. The maximum absolute atomic E-state index is 5.92. The van der Waals surface area contributed by atoms with Crippen molar-refractivity contribution in [2.24, 2.45) is 5.73 Å². The molecule has 0 bridgehead atoms. The summed E-state index contributed by atoms with van der Waals surface area (Å²) in [5, 5.41) is 0. The molecule has 0 amide bonds. The van der Waals surface area contributed by atoms with E-state index in [9.17, 15) is 0 Å². The van der Waals surface area contributed by atoms with Crippen LogP contribution in [0.25, 0.3) is 0 Å². The topological polar surface area (TPSA) is 38.5 Å². The van der Waals surface area contributed by atoms with Gasteiger partial charge in [-0.25, -0.2) is 0 Å². The van der Waals surface area contributed by atoms with Crippen molar-refractivity contribution in [2.75, 3.05) is 19.7 Å². The van der Waals surface area contributed by atoms with Crippen LogP contribution in [0.5, 0.6) is 0 Å². The van der Waals surface area contributed by atoms with Crippen LogP contribution in [-0.4, -0.2) is 42.3 Å². The van der Waals surface area contributed by atoms with Crippen molar-refractivity contribution < 1.29 is 4.74 Å². The van der Waals surface area contributed by atoms with Crippen molar-refractivity contribution in [1.29, 1.82) is 0 Å². The molecule has 0 aromatic carbocycles. The number of nitrogens with two attached hydrogens (primary N) is 1. The minimum atomic E-state index is 0.317. The molecular formula is C11H22N2O. The number of nitrogens with zero attached hydrogens (tertiary/aromatic N) is 1. The highest BCUT2D eigenvalue weighted by Gasteiger charge is 2.44. The van der Waals surface area contributed by atoms with Gasteiger partial charge in [0.1, 0.15) is 0 Å². The van der Waals surface area contributed by atoms with E-state index in [0.717, 1.165) is 19.7 Å². The Morgan fingerprint density at radius 2 is 2.14 bits per heavy atom. The molecule has 0 radical (unpaired) electrons. The van der Waals surface area contributed by atoms with Crippen molar-refractivity contribution >= 4 is 0 Å². The van der Waals surface area contributed by atoms with E-state index in [-0.39, 0.29) is 0 Å². The van der Waals surface area contributed by atoms with Gasteiger partial charge in [-0.1, -0.05) is 0 Å². The zero-order valence-corrected chi connectivity index (χ0v) is 9.33. The molecule has 2 fully saturated rings. The predicted molar refractivity (Wildman–Crippen MR) is 57.2 cm³/mol. The standard InChI is InChI=1S/C11H22N2O/c1-9-7-14-10(2)6-13(9)11(8-12)4-3-5-11/h9-10H,3-8,12H2,1-2H3. The summed E-state index contributed by atoms with van der Waals surface area (Å²) in [5.41, 5.74) is 6.24. The molecule has 1 heterocycles. The summed E-state index contributed by atoms with van der Waals surface area (Å²) in [7, 11) is 0. The van der Waals surface area contributed by atoms with Crippen LogP contribution in [0.2, 0.25) is 0 Å². The molecular weight excluding hydrogens is 176 g/mol. The first kappa shape index (κ1) is 10.4. The van der Waals surface area contributed by atoms with Crippen LogP contribution in [0.15, 0.2) is 0 Å². The summed E-state index contributed by atoms with van der Waals surface area (Å²) in [6.07, 6.45) is 4.27. The zero-order valence-electron chi connectivity index (χ0n) is 9.33. The minimum Gasteiger partial charge on any atom is -0.376 e. The molecule has 82 valence electrons. The lowest BCUT2D eigenvalue weighted by Crippen LogP contribution is -2.65. The Bertz CT molecular complexity index is 198. The summed E-state index contributed by atoms with van der Waals surface area (Å²) < 4.78 is 5.65. The summed E-state index contributed by atoms with van der Waals surface area (Å²) >= 11 is 0. The van der Waals surface area contributed by atoms with E-state index in [2.05, 4.69) is 18.7 Å². The summed E-state index contributed by atoms with van der Waals surface area (Å²) in [4.78, 5) is 2.59. The van der Waals surface area contributed by atoms with Gasteiger partial charge in [0.05, 0.1) is 12.7 Å². The second kappa shape index (κ2) is 3.80. The Labute approximate surface area is 86.6 Å². The number of rotatable bonds is 2. The third-order valence-corrected chi connectivity index (χ3v) is 3.88. The fraction of sp³-hybridized carbons (Fsp3) is 1.00. The second-order valence-corrected chi connectivity index (χ2v) is 4.93. The zero-order chi connectivity index (χ0) is 10.2. The first-order valence-electron chi connectivity index (χ1n) is 5.76. The average Bonchev–Trinajstić information content (AvgIpc) is 2.10. The molecule has 14 heavy (non-hydrogen) atoms. The van der Waals surface area contributed by atoms with E-state index in [1.807, 2.05) is 0 Å². The molecule has 3 nitrogen and oxygen atoms in total. The number of ether oxygens (including phenoxy) is 1. The lowest BCUT2D eigenvalue weighted by atomic mass is 9.74. The fourth-order valence-corrected chi connectivity index (χ4v) is 2.76. The normalized spacial score (nSPS) is 37.9. The van der Waals surface area contributed by atoms with Crippen molar-refractivity contribution in [3.63, 3.8) is 0 Å². The molecule has 2 atom stereocenters. The lowest BCUT2D eigenvalue weighted by Gasteiger charge is -2.54. The van der Waals surface area contributed by atoms with Crippen LogP contribution in [0, 0.1) is 0 Å². The summed E-state index contributed by atoms with van der Waals surface area (Å²) in [5.74, 6) is 0. The quantitative estimate of drug-likeness (QED) is 0.719. The second-order valence-electron chi connectivity index (χ2n) is 4.93. The van der Waals surface area contributed by atoms with Gasteiger partial charge in [0.25, 0.3) is 0 Å². The average molecular weight is 198 g/mol. The van der Waals surface area contributed by atoms with Crippen LogP contribution in [0.3, 0.4) is 0 Å². The number of hydrogen-bond donors (Lipinski definition) is 1. The third-order valence-electron chi connectivity index (χ3n) is 3.88. The van der Waals surface area contributed by atoms with Crippen molar-refractivity contribution in [3.05, 3.63) is 0 Å². The highest BCUT2D eigenvalue weighted by atomic mass is 16.5. The molecule has 2 unspecified atom stereocenters. The van der Waals surface area contributed by atoms with Gasteiger partial charge in [-0.2, -0.15) is 0 Å². The fourth-order valence-electron chi connectivity index (χ4n) is 2.76. The van der Waals surface area contributed by atoms with Crippen LogP contribution in [0.4, 0.5) is 0 Å². The van der Waals surface area contributed by atoms with Crippen molar-refractivity contribution in [2.45, 2.75) is 50.8 Å². The number of hydrogen-bond acceptors (Lipinski definition) is 3. The molecule has 2 aliphatic rings. The minimum absolute atomic E-state index is 0.317. The van der Waals surface area contributed by atoms with E-state index in [1.165, 1.54) is 19.3 Å². The van der Waals surface area contributed by atoms with Crippen LogP contribution < -0.4 is 5.73 Å². The number of morpholine rings is 1. The van der Waals surface area contributed by atoms with Crippen LogP contribution in [-0.2, 0) is 4.74 Å². The predicted octanol–water partition coefficient (Wildman–Crippen LogP) is 0.977. The Morgan fingerprint density at radius 1 is 1.43 bits per heavy atom. The van der Waals surface area contributed by atoms with Crippen LogP contribution >= 0.6 is 0 Å². The maximum Gasteiger partial charge on any atom is 0.0675 e. The van der Waals surface area contributed by atoms with E-state index in [4.69, 9.17) is 10.5 Å². The Balaban J connectivity index is 2.06. The van der Waals surface area contributed by atoms with Gasteiger partial charge in [-0.15, -0.1) is 0 Å². The van der Waals surface area contributed by atoms with E-state index in [1.54, 1.807) is 0 Å². The Morgan fingerprint density at radius 3 is 2.64 bits per heavy atom. The van der Waals surface area contributed by atoms with Gasteiger partial charge in [-0.05, 0) is 33.1 Å². The monoisotopic (exact) mass is 198 g/mol. The van der Waals surface area contributed by atoms with E-state index >= 15 is 0 Å². The molecule has 0 aromatic heterocycles. The molecule has 2 rings (SSSR count). The van der Waals surface area contributed by atoms with Crippen molar-refractivity contribution in [1.82, 2.24) is 4.90 Å². The maximum atomic E-state index is 5.92. The van der Waals surface area contributed by atoms with Crippen molar-refractivity contribution in [3.8, 4) is 0 Å². The van der Waals surface area contributed by atoms with Gasteiger partial charge in [0, 0.05) is 24.7 Å². The highest BCUT2D eigenvalue weighted by Crippen LogP contribution is 2.39. The van der Waals surface area contributed by atoms with Gasteiger partial charge < -0.3 is 10.5 Å². The molecule has 1 aliphatic carbocycles. The SMILES string of the molecule is CC1CN(C2(CN)CCC2)C(C)CO1. The molecule has 0 spiro atoms. The van der Waals surface area contributed by atoms with E-state index in [0.29, 0.717) is 17.7 Å². The smallest absolute Gasteiger partial charge is 0.0675 e. The first-order chi connectivity index (χ1) is 6.68. The molecule has 1 saturated heterocycles. The Hall–Kier alpha value is -0.120. The molecule has 1 saturated carbocycles. The summed E-state index contributed by atoms with van der Waals surface area (Å²) in [6, 6.07) is 0.537. The molecule has 2 N–H and O–H groups in total. The molecule has 3 heteroatoms. The first-order valence-corrected chi connectivity index (χ1v) is 5.76. The lowest BCUT2D eigenvalue weighted by molar-refractivity contribution is -0.114. The molecule has 1 aliphatic heterocycles.